The van der Waals surface area contributed by atoms with Crippen molar-refractivity contribution in [1.82, 2.24) is 10.9 Å². The van der Waals surface area contributed by atoms with Gasteiger partial charge in [-0.25, -0.2) is 10.2 Å². The van der Waals surface area contributed by atoms with Gasteiger partial charge in [0.05, 0.1) is 0 Å². The van der Waals surface area contributed by atoms with Gasteiger partial charge in [0.25, 0.3) is 0 Å². The molecule has 0 spiro atoms. The highest BCUT2D eigenvalue weighted by Gasteiger charge is 2.29. The van der Waals surface area contributed by atoms with Gasteiger partial charge < -0.3 is 4.74 Å². The third kappa shape index (κ3) is 6.28. The number of amides is 1. The predicted molar refractivity (Wildman–Crippen MR) is 77.7 cm³/mol. The van der Waals surface area contributed by atoms with E-state index in [-0.39, 0.29) is 0 Å². The van der Waals surface area contributed by atoms with Crippen molar-refractivity contribution in [3.63, 3.8) is 0 Å². The van der Waals surface area contributed by atoms with Crippen LogP contribution in [0.15, 0.2) is 0 Å². The Labute approximate surface area is 117 Å². The highest BCUT2D eigenvalue weighted by Crippen LogP contribution is 2.37. The van der Waals surface area contributed by atoms with Crippen molar-refractivity contribution in [2.45, 2.75) is 78.9 Å². The minimum atomic E-state index is -0.449. The molecule has 1 aliphatic carbocycles. The summed E-state index contributed by atoms with van der Waals surface area (Å²) in [5.41, 5.74) is 5.69. The predicted octanol–water partition coefficient (Wildman–Crippen LogP) is 3.62. The van der Waals surface area contributed by atoms with Gasteiger partial charge in [0.1, 0.15) is 5.60 Å². The standard InChI is InChI=1S/C15H30N2O2/c1-14(2,3)11-7-9-12(10-8-11)16-17-13(18)19-15(4,5)6/h11-12,16H,7-10H2,1-6H3,(H,17,18). The zero-order valence-corrected chi connectivity index (χ0v) is 13.3. The van der Waals surface area contributed by atoms with Gasteiger partial charge in [-0.05, 0) is 57.8 Å². The molecule has 1 rings (SSSR count). The Morgan fingerprint density at radius 3 is 1.95 bits per heavy atom. The zero-order chi connectivity index (χ0) is 14.7. The third-order valence-corrected chi connectivity index (χ3v) is 3.73. The van der Waals surface area contributed by atoms with Crippen LogP contribution in [-0.4, -0.2) is 17.7 Å². The number of ether oxygens (including phenoxy) is 1. The molecule has 19 heavy (non-hydrogen) atoms. The number of hydrazine groups is 1. The maximum absolute atomic E-state index is 11.5. The van der Waals surface area contributed by atoms with Crippen LogP contribution in [0.2, 0.25) is 0 Å². The molecule has 0 atom stereocenters. The second-order valence-electron chi connectivity index (χ2n) is 7.69. The Hall–Kier alpha value is -0.770. The van der Waals surface area contributed by atoms with Gasteiger partial charge in [0.15, 0.2) is 0 Å². The number of hydrogen-bond donors (Lipinski definition) is 2. The van der Waals surface area contributed by atoms with Crippen LogP contribution in [-0.2, 0) is 4.74 Å². The highest BCUT2D eigenvalue weighted by atomic mass is 16.6. The number of carbonyl (C=O) groups is 1. The van der Waals surface area contributed by atoms with Crippen LogP contribution in [0.1, 0.15) is 67.2 Å². The normalized spacial score (nSPS) is 24.9. The highest BCUT2D eigenvalue weighted by molar-refractivity contribution is 5.67. The minimum Gasteiger partial charge on any atom is -0.443 e. The number of nitrogens with one attached hydrogen (secondary N) is 2. The van der Waals surface area contributed by atoms with E-state index in [4.69, 9.17) is 4.74 Å². The molecule has 0 aromatic rings. The topological polar surface area (TPSA) is 50.4 Å². The lowest BCUT2D eigenvalue weighted by Crippen LogP contribution is -2.48. The molecule has 0 aromatic heterocycles. The Kier molecular flexibility index (Phi) is 5.25. The van der Waals surface area contributed by atoms with Crippen molar-refractivity contribution in [2.24, 2.45) is 11.3 Å². The first-order valence-corrected chi connectivity index (χ1v) is 7.32. The van der Waals surface area contributed by atoms with E-state index in [0.717, 1.165) is 18.8 Å². The van der Waals surface area contributed by atoms with Gasteiger partial charge in [0.2, 0.25) is 0 Å². The number of hydrogen-bond acceptors (Lipinski definition) is 3. The Morgan fingerprint density at radius 2 is 1.53 bits per heavy atom. The maximum atomic E-state index is 11.5. The molecule has 112 valence electrons. The molecule has 0 radical (unpaired) electrons. The fourth-order valence-electron chi connectivity index (χ4n) is 2.57. The monoisotopic (exact) mass is 270 g/mol. The lowest BCUT2D eigenvalue weighted by Gasteiger charge is -2.37. The van der Waals surface area contributed by atoms with Crippen LogP contribution in [0.25, 0.3) is 0 Å². The largest absolute Gasteiger partial charge is 0.443 e. The molecule has 4 nitrogen and oxygen atoms in total. The molecule has 0 saturated heterocycles. The van der Waals surface area contributed by atoms with Crippen molar-refractivity contribution in [3.05, 3.63) is 0 Å². The molecule has 1 aliphatic rings. The van der Waals surface area contributed by atoms with Crippen LogP contribution < -0.4 is 10.9 Å². The second-order valence-corrected chi connectivity index (χ2v) is 7.69. The first-order valence-electron chi connectivity index (χ1n) is 7.32. The van der Waals surface area contributed by atoms with Gasteiger partial charge in [0, 0.05) is 6.04 Å². The Morgan fingerprint density at radius 1 is 1.00 bits per heavy atom. The van der Waals surface area contributed by atoms with Crippen molar-refractivity contribution in [1.29, 1.82) is 0 Å². The molecular weight excluding hydrogens is 240 g/mol. The summed E-state index contributed by atoms with van der Waals surface area (Å²) >= 11 is 0. The summed E-state index contributed by atoms with van der Waals surface area (Å²) in [6.07, 6.45) is 4.26. The average molecular weight is 270 g/mol. The minimum absolute atomic E-state index is 0.367. The zero-order valence-electron chi connectivity index (χ0n) is 13.3. The van der Waals surface area contributed by atoms with E-state index in [2.05, 4.69) is 31.6 Å². The molecule has 1 fully saturated rings. The summed E-state index contributed by atoms with van der Waals surface area (Å²) in [6, 6.07) is 0.367. The van der Waals surface area contributed by atoms with Gasteiger partial charge >= 0.3 is 6.09 Å². The lowest BCUT2D eigenvalue weighted by molar-refractivity contribution is 0.0473. The van der Waals surface area contributed by atoms with Crippen LogP contribution in [0.3, 0.4) is 0 Å². The summed E-state index contributed by atoms with van der Waals surface area (Å²) in [5.74, 6) is 0.784. The van der Waals surface area contributed by atoms with Gasteiger partial charge in [-0.1, -0.05) is 20.8 Å². The molecule has 4 heteroatoms. The van der Waals surface area contributed by atoms with E-state index in [1.807, 2.05) is 20.8 Å². The van der Waals surface area contributed by atoms with Crippen LogP contribution in [0.4, 0.5) is 4.79 Å². The van der Waals surface area contributed by atoms with E-state index in [9.17, 15) is 4.79 Å². The van der Waals surface area contributed by atoms with Crippen LogP contribution in [0.5, 0.6) is 0 Å². The van der Waals surface area contributed by atoms with Crippen LogP contribution in [0, 0.1) is 11.3 Å². The molecule has 1 saturated carbocycles. The fourth-order valence-corrected chi connectivity index (χ4v) is 2.57. The van der Waals surface area contributed by atoms with Crippen molar-refractivity contribution in [3.8, 4) is 0 Å². The van der Waals surface area contributed by atoms with Crippen molar-refractivity contribution in [2.75, 3.05) is 0 Å². The maximum Gasteiger partial charge on any atom is 0.422 e. The average Bonchev–Trinajstić information content (AvgIpc) is 2.23. The molecule has 2 N–H and O–H groups in total. The first-order chi connectivity index (χ1) is 8.58. The first kappa shape index (κ1) is 16.3. The lowest BCUT2D eigenvalue weighted by atomic mass is 9.71. The summed E-state index contributed by atoms with van der Waals surface area (Å²) in [7, 11) is 0. The molecule has 0 heterocycles. The van der Waals surface area contributed by atoms with Gasteiger partial charge in [-0.2, -0.15) is 0 Å². The molecule has 0 unspecified atom stereocenters. The molecule has 0 aliphatic heterocycles. The van der Waals surface area contributed by atoms with Gasteiger partial charge in [-0.3, -0.25) is 5.43 Å². The quantitative estimate of drug-likeness (QED) is 0.753. The van der Waals surface area contributed by atoms with Crippen LogP contribution >= 0.6 is 0 Å². The number of rotatable bonds is 2. The van der Waals surface area contributed by atoms with Crippen molar-refractivity contribution < 1.29 is 9.53 Å². The Balaban J connectivity index is 2.25. The van der Waals surface area contributed by atoms with E-state index in [0.29, 0.717) is 11.5 Å². The molecule has 0 bridgehead atoms. The Bertz CT molecular complexity index is 294. The molecular formula is C15H30N2O2. The molecule has 1 amide bonds. The third-order valence-electron chi connectivity index (χ3n) is 3.73. The smallest absolute Gasteiger partial charge is 0.422 e. The number of carbonyl (C=O) groups excluding carboxylic acids is 1. The summed E-state index contributed by atoms with van der Waals surface area (Å²) in [6.45, 7) is 12.5. The summed E-state index contributed by atoms with van der Waals surface area (Å²) < 4.78 is 5.19. The molecule has 0 aromatic carbocycles. The fraction of sp³-hybridized carbons (Fsp3) is 0.933. The van der Waals surface area contributed by atoms with E-state index in [1.165, 1.54) is 12.8 Å². The van der Waals surface area contributed by atoms with E-state index in [1.54, 1.807) is 0 Å². The van der Waals surface area contributed by atoms with E-state index < -0.39 is 11.7 Å². The SMILES string of the molecule is CC(C)(C)OC(=O)NNC1CCC(C(C)(C)C)CC1. The summed E-state index contributed by atoms with van der Waals surface area (Å²) in [4.78, 5) is 11.5. The van der Waals surface area contributed by atoms with Gasteiger partial charge in [-0.15, -0.1) is 0 Å². The van der Waals surface area contributed by atoms with E-state index >= 15 is 0 Å². The summed E-state index contributed by atoms with van der Waals surface area (Å²) in [5, 5.41) is 0. The second kappa shape index (κ2) is 6.12. The van der Waals surface area contributed by atoms with Crippen molar-refractivity contribution >= 4 is 6.09 Å².